The van der Waals surface area contributed by atoms with Crippen molar-refractivity contribution in [2.24, 2.45) is 0 Å². The molecule has 0 rings (SSSR count). The Labute approximate surface area is 201 Å². The lowest BCUT2D eigenvalue weighted by Gasteiger charge is -2.63. The van der Waals surface area contributed by atoms with Gasteiger partial charge in [0.05, 0.1) is 0 Å². The molecule has 0 aliphatic heterocycles. The fourth-order valence-electron chi connectivity index (χ4n) is 7.49. The van der Waals surface area contributed by atoms with Crippen LogP contribution in [-0.4, -0.2) is 20.7 Å². The maximum atomic E-state index is 3.19. The summed E-state index contributed by atoms with van der Waals surface area (Å²) in [7, 11) is -3.52. The Hall–Kier alpha value is -0.0262. The van der Waals surface area contributed by atoms with E-state index in [2.05, 4.69) is 107 Å². The molecule has 0 aliphatic carbocycles. The normalized spacial score (nSPS) is 13.9. The highest BCUT2D eigenvalue weighted by Crippen LogP contribution is 2.53. The molecule has 186 valence electrons. The van der Waals surface area contributed by atoms with Crippen LogP contribution in [0.2, 0.25) is 33.2 Å². The Morgan fingerprint density at radius 1 is 0.516 bits per heavy atom. The van der Waals surface area contributed by atoms with Crippen molar-refractivity contribution in [3.8, 4) is 0 Å². The Bertz CT molecular complexity index is 416. The van der Waals surface area contributed by atoms with Crippen LogP contribution in [0.3, 0.4) is 0 Å². The topological polar surface area (TPSA) is 3.24 Å². The number of unbranched alkanes of at least 4 members (excludes halogenated alkanes) is 6. The van der Waals surface area contributed by atoms with Crippen molar-refractivity contribution in [2.45, 2.75) is 168 Å². The summed E-state index contributed by atoms with van der Waals surface area (Å²) in [5.41, 5.74) is 4.55. The van der Waals surface area contributed by atoms with E-state index in [1.807, 2.05) is 0 Å². The van der Waals surface area contributed by atoms with E-state index in [0.717, 1.165) is 33.2 Å². The van der Waals surface area contributed by atoms with Gasteiger partial charge in [-0.3, -0.25) is 0 Å². The third-order valence-corrected chi connectivity index (χ3v) is 23.8. The molecule has 0 heterocycles. The molecule has 0 aliphatic rings. The molecule has 0 spiro atoms. The van der Waals surface area contributed by atoms with Gasteiger partial charge in [0.15, 0.2) is 16.5 Å². The van der Waals surface area contributed by atoms with Gasteiger partial charge in [-0.1, -0.05) is 128 Å². The van der Waals surface area contributed by atoms with Crippen LogP contribution in [0.1, 0.15) is 135 Å². The number of nitrogens with zero attached hydrogens (tertiary/aromatic N) is 1. The van der Waals surface area contributed by atoms with E-state index < -0.39 is 16.5 Å². The predicted octanol–water partition coefficient (Wildman–Crippen LogP) is 10.9. The molecule has 0 bridgehead atoms. The lowest BCUT2D eigenvalue weighted by Crippen LogP contribution is -2.71. The zero-order valence-electron chi connectivity index (χ0n) is 24.0. The molecular formula is C28H61NSi2. The third-order valence-electron chi connectivity index (χ3n) is 8.36. The highest BCUT2D eigenvalue weighted by atomic mass is 28.4. The van der Waals surface area contributed by atoms with E-state index in [-0.39, 0.29) is 0 Å². The monoisotopic (exact) mass is 467 g/mol. The predicted molar refractivity (Wildman–Crippen MR) is 151 cm³/mol. The van der Waals surface area contributed by atoms with Gasteiger partial charge in [0, 0.05) is 0 Å². The molecule has 0 saturated heterocycles. The lowest BCUT2D eigenvalue weighted by molar-refractivity contribution is 0.591. The van der Waals surface area contributed by atoms with E-state index in [1.165, 1.54) is 44.9 Å². The van der Waals surface area contributed by atoms with E-state index in [1.54, 1.807) is 0 Å². The molecule has 0 aromatic rings. The van der Waals surface area contributed by atoms with Gasteiger partial charge in [-0.05, 0) is 52.3 Å². The van der Waals surface area contributed by atoms with Crippen molar-refractivity contribution in [3.05, 3.63) is 12.3 Å². The van der Waals surface area contributed by atoms with Gasteiger partial charge in [0.2, 0.25) is 0 Å². The van der Waals surface area contributed by atoms with Crippen LogP contribution >= 0.6 is 0 Å². The quantitative estimate of drug-likeness (QED) is 0.161. The fourth-order valence-corrected chi connectivity index (χ4v) is 26.9. The Balaban J connectivity index is 6.28. The van der Waals surface area contributed by atoms with Crippen molar-refractivity contribution >= 4 is 16.5 Å². The summed E-state index contributed by atoms with van der Waals surface area (Å²) in [6.07, 6.45) is 14.8. The molecule has 0 N–H and O–H groups in total. The summed E-state index contributed by atoms with van der Waals surface area (Å²) < 4.78 is 3.19. The molecule has 0 fully saturated rings. The summed E-state index contributed by atoms with van der Waals surface area (Å²) in [6.45, 7) is 32.8. The maximum absolute atomic E-state index is 3.19. The largest absolute Gasteiger partial charge is 0.429 e. The van der Waals surface area contributed by atoms with Gasteiger partial charge in [0.1, 0.15) is 0 Å². The Morgan fingerprint density at radius 3 is 1.16 bits per heavy atom. The first-order chi connectivity index (χ1) is 14.4. The Kier molecular flexibility index (Phi) is 14.3. The van der Waals surface area contributed by atoms with Gasteiger partial charge in [0.25, 0.3) is 0 Å². The van der Waals surface area contributed by atoms with Gasteiger partial charge in [-0.25, -0.2) is 0 Å². The SMILES string of the molecule is CCCCCCCCC=CN([Si](C(C)C)(C(C)C)C(C)C)[Si](C(C)C)(C(C)C)C(C)C. The standard InChI is InChI=1S/C28H61NSi2/c1-14-15-16-17-18-19-20-21-22-29(30(23(2)3,24(4)5)25(6)7)31(26(8)9,27(10)11)28(12)13/h21-28H,14-20H2,1-13H3. The van der Waals surface area contributed by atoms with Crippen LogP contribution in [0.15, 0.2) is 12.3 Å². The summed E-state index contributed by atoms with van der Waals surface area (Å²) in [5.74, 6) is 0. The summed E-state index contributed by atoms with van der Waals surface area (Å²) in [5, 5.41) is 0. The third kappa shape index (κ3) is 6.98. The first-order valence-corrected chi connectivity index (χ1v) is 18.2. The van der Waals surface area contributed by atoms with Crippen LogP contribution in [0, 0.1) is 0 Å². The lowest BCUT2D eigenvalue weighted by atomic mass is 10.1. The van der Waals surface area contributed by atoms with E-state index in [0.29, 0.717) is 0 Å². The zero-order chi connectivity index (χ0) is 24.4. The minimum absolute atomic E-state index is 0.759. The van der Waals surface area contributed by atoms with Gasteiger partial charge in [-0.15, -0.1) is 0 Å². The van der Waals surface area contributed by atoms with E-state index in [9.17, 15) is 0 Å². The molecule has 0 amide bonds. The van der Waals surface area contributed by atoms with E-state index in [4.69, 9.17) is 0 Å². The molecule has 0 saturated carbocycles. The van der Waals surface area contributed by atoms with Crippen LogP contribution < -0.4 is 0 Å². The maximum Gasteiger partial charge on any atom is 0.155 e. The van der Waals surface area contributed by atoms with Crippen LogP contribution in [-0.2, 0) is 0 Å². The highest BCUT2D eigenvalue weighted by Gasteiger charge is 2.58. The summed E-state index contributed by atoms with van der Waals surface area (Å²) >= 11 is 0. The first kappa shape index (κ1) is 31.0. The molecule has 0 atom stereocenters. The minimum atomic E-state index is -1.76. The molecular weight excluding hydrogens is 406 g/mol. The second kappa shape index (κ2) is 14.3. The van der Waals surface area contributed by atoms with E-state index >= 15 is 0 Å². The van der Waals surface area contributed by atoms with Gasteiger partial charge in [-0.2, -0.15) is 0 Å². The fraction of sp³-hybridized carbons (Fsp3) is 0.929. The van der Waals surface area contributed by atoms with Gasteiger partial charge >= 0.3 is 0 Å². The average Bonchev–Trinajstić information content (AvgIpc) is 2.62. The minimum Gasteiger partial charge on any atom is -0.429 e. The smallest absolute Gasteiger partial charge is 0.155 e. The molecule has 31 heavy (non-hydrogen) atoms. The molecule has 0 aromatic carbocycles. The average molecular weight is 468 g/mol. The highest BCUT2D eigenvalue weighted by molar-refractivity contribution is 6.96. The van der Waals surface area contributed by atoms with Crippen molar-refractivity contribution in [1.29, 1.82) is 0 Å². The van der Waals surface area contributed by atoms with Crippen molar-refractivity contribution < 1.29 is 0 Å². The van der Waals surface area contributed by atoms with Crippen LogP contribution in [0.4, 0.5) is 0 Å². The second-order valence-electron chi connectivity index (χ2n) is 12.0. The van der Waals surface area contributed by atoms with Crippen molar-refractivity contribution in [1.82, 2.24) is 4.23 Å². The first-order valence-electron chi connectivity index (χ1n) is 13.8. The zero-order valence-corrected chi connectivity index (χ0v) is 26.0. The molecule has 1 nitrogen and oxygen atoms in total. The summed E-state index contributed by atoms with van der Waals surface area (Å²) in [6, 6.07) is 0. The van der Waals surface area contributed by atoms with Crippen LogP contribution in [0.25, 0.3) is 0 Å². The Morgan fingerprint density at radius 2 is 0.839 bits per heavy atom. The molecule has 0 unspecified atom stereocenters. The molecule has 3 heteroatoms. The number of hydrogen-bond donors (Lipinski definition) is 0. The number of rotatable bonds is 16. The molecule has 0 radical (unpaired) electrons. The van der Waals surface area contributed by atoms with Crippen molar-refractivity contribution in [3.63, 3.8) is 0 Å². The number of hydrogen-bond acceptors (Lipinski definition) is 1. The second-order valence-corrected chi connectivity index (χ2v) is 23.9. The van der Waals surface area contributed by atoms with Gasteiger partial charge < -0.3 is 4.23 Å². The molecule has 0 aromatic heterocycles. The van der Waals surface area contributed by atoms with Crippen LogP contribution in [0.5, 0.6) is 0 Å². The summed E-state index contributed by atoms with van der Waals surface area (Å²) in [4.78, 5) is 0. The number of allylic oxidation sites excluding steroid dienone is 1. The van der Waals surface area contributed by atoms with Crippen molar-refractivity contribution in [2.75, 3.05) is 0 Å².